The topological polar surface area (TPSA) is 55.1 Å². The molecule has 1 amide bonds. The zero-order valence-electron chi connectivity index (χ0n) is 12.0. The van der Waals surface area contributed by atoms with Crippen LogP contribution in [0.1, 0.15) is 57.1 Å². The first-order valence-corrected chi connectivity index (χ1v) is 7.71. The van der Waals surface area contributed by atoms with Crippen LogP contribution in [0.2, 0.25) is 5.02 Å². The van der Waals surface area contributed by atoms with Crippen LogP contribution in [0.3, 0.4) is 0 Å². The van der Waals surface area contributed by atoms with Crippen LogP contribution in [-0.4, -0.2) is 11.4 Å². The number of hydrogen-bond acceptors (Lipinski definition) is 2. The van der Waals surface area contributed by atoms with Gasteiger partial charge in [0.1, 0.15) is 0 Å². The Balaban J connectivity index is 1.92. The van der Waals surface area contributed by atoms with E-state index in [4.69, 9.17) is 17.3 Å². The fourth-order valence-electron chi connectivity index (χ4n) is 2.95. The molecule has 1 atom stereocenters. The number of rotatable bonds is 4. The number of carbonyl (C=O) groups is 1. The maximum Gasteiger partial charge on any atom is 0.222 e. The molecule has 3 nitrogen and oxygen atoms in total. The van der Waals surface area contributed by atoms with Crippen molar-refractivity contribution in [1.29, 1.82) is 0 Å². The van der Waals surface area contributed by atoms with E-state index >= 15 is 0 Å². The summed E-state index contributed by atoms with van der Waals surface area (Å²) in [7, 11) is 0. The highest BCUT2D eigenvalue weighted by Gasteiger charge is 2.30. The summed E-state index contributed by atoms with van der Waals surface area (Å²) in [5.41, 5.74) is 6.94. The Hall–Kier alpha value is -1.06. The third kappa shape index (κ3) is 3.97. The normalized spacial score (nSPS) is 19.4. The summed E-state index contributed by atoms with van der Waals surface area (Å²) in [6.07, 6.45) is 5.79. The van der Waals surface area contributed by atoms with Crippen molar-refractivity contribution in [2.24, 2.45) is 5.73 Å². The molecule has 4 heteroatoms. The van der Waals surface area contributed by atoms with Gasteiger partial charge < -0.3 is 11.1 Å². The van der Waals surface area contributed by atoms with Crippen LogP contribution in [0.15, 0.2) is 24.3 Å². The second-order valence-electron chi connectivity index (χ2n) is 5.91. The largest absolute Gasteiger partial charge is 0.349 e. The highest BCUT2D eigenvalue weighted by atomic mass is 35.5. The van der Waals surface area contributed by atoms with E-state index in [0.29, 0.717) is 11.4 Å². The molecule has 1 aromatic rings. The van der Waals surface area contributed by atoms with Crippen LogP contribution in [0.5, 0.6) is 0 Å². The van der Waals surface area contributed by atoms with Gasteiger partial charge in [-0.25, -0.2) is 0 Å². The van der Waals surface area contributed by atoms with Crippen molar-refractivity contribution < 1.29 is 4.79 Å². The van der Waals surface area contributed by atoms with E-state index in [1.807, 2.05) is 31.2 Å². The van der Waals surface area contributed by atoms with Crippen molar-refractivity contribution in [2.45, 2.75) is 57.0 Å². The third-order valence-electron chi connectivity index (χ3n) is 4.11. The predicted octanol–water partition coefficient (Wildman–Crippen LogP) is 3.57. The lowest BCUT2D eigenvalue weighted by Crippen LogP contribution is -2.46. The Kier molecular flexibility index (Phi) is 5.06. The van der Waals surface area contributed by atoms with Crippen LogP contribution in [0.4, 0.5) is 0 Å². The Morgan fingerprint density at radius 2 is 2.00 bits per heavy atom. The fourth-order valence-corrected chi connectivity index (χ4v) is 3.25. The SMILES string of the molecule is CC(NC(=O)CC1(N)CCCCC1)c1ccccc1Cl. The van der Waals surface area contributed by atoms with Crippen LogP contribution in [0.25, 0.3) is 0 Å². The number of benzene rings is 1. The lowest BCUT2D eigenvalue weighted by atomic mass is 9.80. The van der Waals surface area contributed by atoms with Crippen molar-refractivity contribution in [1.82, 2.24) is 5.32 Å². The first-order valence-electron chi connectivity index (χ1n) is 7.33. The molecule has 1 aromatic carbocycles. The number of nitrogens with one attached hydrogen (secondary N) is 1. The van der Waals surface area contributed by atoms with Gasteiger partial charge in [0.15, 0.2) is 0 Å². The monoisotopic (exact) mass is 294 g/mol. The zero-order chi connectivity index (χ0) is 14.6. The molecule has 0 aliphatic heterocycles. The summed E-state index contributed by atoms with van der Waals surface area (Å²) in [6, 6.07) is 7.49. The van der Waals surface area contributed by atoms with E-state index in [1.54, 1.807) is 0 Å². The Morgan fingerprint density at radius 1 is 1.35 bits per heavy atom. The Labute approximate surface area is 125 Å². The molecule has 0 heterocycles. The van der Waals surface area contributed by atoms with Crippen LogP contribution >= 0.6 is 11.6 Å². The summed E-state index contributed by atoms with van der Waals surface area (Å²) in [5, 5.41) is 3.69. The maximum atomic E-state index is 12.2. The summed E-state index contributed by atoms with van der Waals surface area (Å²) in [4.78, 5) is 12.2. The van der Waals surface area contributed by atoms with Gasteiger partial charge in [-0.2, -0.15) is 0 Å². The molecular weight excluding hydrogens is 272 g/mol. The summed E-state index contributed by atoms with van der Waals surface area (Å²) in [5.74, 6) is 0.0156. The third-order valence-corrected chi connectivity index (χ3v) is 4.46. The lowest BCUT2D eigenvalue weighted by Gasteiger charge is -2.33. The highest BCUT2D eigenvalue weighted by molar-refractivity contribution is 6.31. The van der Waals surface area contributed by atoms with Gasteiger partial charge in [-0.1, -0.05) is 49.1 Å². The summed E-state index contributed by atoms with van der Waals surface area (Å²) < 4.78 is 0. The molecule has 0 saturated heterocycles. The van der Waals surface area contributed by atoms with E-state index in [9.17, 15) is 4.79 Å². The molecule has 1 fully saturated rings. The van der Waals surface area contributed by atoms with E-state index in [1.165, 1.54) is 6.42 Å². The Morgan fingerprint density at radius 3 is 2.65 bits per heavy atom. The minimum Gasteiger partial charge on any atom is -0.349 e. The molecule has 1 saturated carbocycles. The number of carbonyl (C=O) groups excluding carboxylic acids is 1. The molecule has 1 aliphatic carbocycles. The minimum atomic E-state index is -0.317. The lowest BCUT2D eigenvalue weighted by molar-refractivity contribution is -0.123. The first-order chi connectivity index (χ1) is 9.50. The van der Waals surface area contributed by atoms with Crippen LogP contribution < -0.4 is 11.1 Å². The number of halogens is 1. The fraction of sp³-hybridized carbons (Fsp3) is 0.562. The molecule has 1 unspecified atom stereocenters. The van der Waals surface area contributed by atoms with Gasteiger partial charge in [-0.05, 0) is 31.4 Å². The smallest absolute Gasteiger partial charge is 0.222 e. The van der Waals surface area contributed by atoms with Crippen molar-refractivity contribution in [3.63, 3.8) is 0 Å². The molecule has 2 rings (SSSR count). The minimum absolute atomic E-state index is 0.0156. The second kappa shape index (κ2) is 6.59. The molecule has 0 spiro atoms. The molecule has 3 N–H and O–H groups in total. The van der Waals surface area contributed by atoms with Crippen LogP contribution in [-0.2, 0) is 4.79 Å². The van der Waals surface area contributed by atoms with E-state index < -0.39 is 0 Å². The van der Waals surface area contributed by atoms with Gasteiger partial charge in [0.05, 0.1) is 6.04 Å². The number of nitrogens with two attached hydrogens (primary N) is 1. The van der Waals surface area contributed by atoms with E-state index in [2.05, 4.69) is 5.32 Å². The second-order valence-corrected chi connectivity index (χ2v) is 6.32. The van der Waals surface area contributed by atoms with Gasteiger partial charge in [0, 0.05) is 17.0 Å². The standard InChI is InChI=1S/C16H23ClN2O/c1-12(13-7-3-4-8-14(13)17)19-15(20)11-16(18)9-5-2-6-10-16/h3-4,7-8,12H,2,5-6,9-11,18H2,1H3,(H,19,20). The summed E-state index contributed by atoms with van der Waals surface area (Å²) >= 11 is 6.15. The van der Waals surface area contributed by atoms with Crippen molar-refractivity contribution in [3.05, 3.63) is 34.9 Å². The van der Waals surface area contributed by atoms with Gasteiger partial charge in [-0.3, -0.25) is 4.79 Å². The van der Waals surface area contributed by atoms with Gasteiger partial charge in [0.2, 0.25) is 5.91 Å². The van der Waals surface area contributed by atoms with Gasteiger partial charge >= 0.3 is 0 Å². The Bertz CT molecular complexity index is 469. The molecule has 20 heavy (non-hydrogen) atoms. The van der Waals surface area contributed by atoms with Crippen LogP contribution in [0, 0.1) is 0 Å². The van der Waals surface area contributed by atoms with E-state index in [0.717, 1.165) is 31.2 Å². The van der Waals surface area contributed by atoms with Crippen molar-refractivity contribution >= 4 is 17.5 Å². The van der Waals surface area contributed by atoms with Gasteiger partial charge in [-0.15, -0.1) is 0 Å². The first kappa shape index (κ1) is 15.3. The van der Waals surface area contributed by atoms with Gasteiger partial charge in [0.25, 0.3) is 0 Å². The van der Waals surface area contributed by atoms with E-state index in [-0.39, 0.29) is 17.5 Å². The number of hydrogen-bond donors (Lipinski definition) is 2. The average molecular weight is 295 g/mol. The quantitative estimate of drug-likeness (QED) is 0.892. The predicted molar refractivity (Wildman–Crippen MR) is 82.6 cm³/mol. The molecule has 0 aromatic heterocycles. The molecule has 0 bridgehead atoms. The van der Waals surface area contributed by atoms with Crippen molar-refractivity contribution in [2.75, 3.05) is 0 Å². The molecule has 110 valence electrons. The zero-order valence-corrected chi connectivity index (χ0v) is 12.7. The maximum absolute atomic E-state index is 12.2. The summed E-state index contributed by atoms with van der Waals surface area (Å²) in [6.45, 7) is 1.95. The molecule has 1 aliphatic rings. The average Bonchev–Trinajstić information content (AvgIpc) is 2.39. The highest BCUT2D eigenvalue weighted by Crippen LogP contribution is 2.29. The number of amides is 1. The molecular formula is C16H23ClN2O. The molecule has 0 radical (unpaired) electrons. The van der Waals surface area contributed by atoms with Crippen molar-refractivity contribution in [3.8, 4) is 0 Å².